The number of amides is 1. The van der Waals surface area contributed by atoms with Crippen LogP contribution < -0.4 is 4.90 Å². The third kappa shape index (κ3) is 2.68. The Balaban J connectivity index is 1.73. The van der Waals surface area contributed by atoms with Crippen molar-refractivity contribution in [1.82, 2.24) is 14.9 Å². The fourth-order valence-corrected chi connectivity index (χ4v) is 3.90. The molecule has 0 atom stereocenters. The van der Waals surface area contributed by atoms with E-state index in [0.717, 1.165) is 0 Å². The normalized spacial score (nSPS) is 15.0. The molecule has 0 bridgehead atoms. The number of nitrogens with zero attached hydrogens (tertiary/aromatic N) is 4. The molecule has 0 aliphatic carbocycles. The highest BCUT2D eigenvalue weighted by molar-refractivity contribution is 6.11. The zero-order valence-corrected chi connectivity index (χ0v) is 15.4. The molecule has 148 valence electrons. The molecule has 5 rings (SSSR count). The van der Waals surface area contributed by atoms with Crippen LogP contribution in [0.5, 0.6) is 0 Å². The molecule has 0 spiro atoms. The third-order valence-electron chi connectivity index (χ3n) is 5.32. The van der Waals surface area contributed by atoms with Crippen LogP contribution in [-0.4, -0.2) is 47.0 Å². The summed E-state index contributed by atoms with van der Waals surface area (Å²) in [6, 6.07) is 5.73. The van der Waals surface area contributed by atoms with Gasteiger partial charge in [0.05, 0.1) is 10.8 Å². The number of hydrogen-bond acceptors (Lipinski definition) is 5. The van der Waals surface area contributed by atoms with E-state index in [1.165, 1.54) is 31.2 Å². The van der Waals surface area contributed by atoms with E-state index in [1.807, 2.05) is 0 Å². The van der Waals surface area contributed by atoms with Crippen LogP contribution in [0.15, 0.2) is 28.7 Å². The molecule has 0 N–H and O–H groups in total. The van der Waals surface area contributed by atoms with E-state index in [-0.39, 0.29) is 44.6 Å². The average molecular weight is 400 g/mol. The van der Waals surface area contributed by atoms with Gasteiger partial charge in [-0.1, -0.05) is 6.07 Å². The van der Waals surface area contributed by atoms with Crippen molar-refractivity contribution in [1.29, 1.82) is 0 Å². The van der Waals surface area contributed by atoms with Gasteiger partial charge in [0.15, 0.2) is 5.82 Å². The molecule has 2 aromatic carbocycles. The van der Waals surface area contributed by atoms with E-state index in [0.29, 0.717) is 26.2 Å². The van der Waals surface area contributed by atoms with Gasteiger partial charge in [0, 0.05) is 38.5 Å². The predicted molar refractivity (Wildman–Crippen MR) is 101 cm³/mol. The number of rotatable bonds is 1. The second kappa shape index (κ2) is 6.33. The molecule has 1 aliphatic heterocycles. The molecule has 0 saturated carbocycles. The van der Waals surface area contributed by atoms with Gasteiger partial charge in [0.1, 0.15) is 28.3 Å². The molecule has 1 amide bonds. The third-order valence-corrected chi connectivity index (χ3v) is 5.32. The standard InChI is InChI=1S/C20H15F3N4O2/c1-10(28)26-5-7-27(8-6-26)19-11-9-14-16(17(22)18(11)24-20(23)25-19)15-12(21)3-2-4-13(15)29-14/h2-4,9H,5-8H2,1H3. The Morgan fingerprint density at radius 2 is 1.79 bits per heavy atom. The number of benzene rings is 2. The number of halogens is 3. The van der Waals surface area contributed by atoms with Gasteiger partial charge < -0.3 is 14.2 Å². The van der Waals surface area contributed by atoms with E-state index in [2.05, 4.69) is 9.97 Å². The molecule has 0 unspecified atom stereocenters. The predicted octanol–water partition coefficient (Wildman–Crippen LogP) is 3.62. The summed E-state index contributed by atoms with van der Waals surface area (Å²) in [6.07, 6.45) is -1.08. The molecule has 6 nitrogen and oxygen atoms in total. The van der Waals surface area contributed by atoms with E-state index >= 15 is 4.39 Å². The zero-order valence-electron chi connectivity index (χ0n) is 15.4. The van der Waals surface area contributed by atoms with Gasteiger partial charge in [-0.15, -0.1) is 0 Å². The number of anilines is 1. The minimum Gasteiger partial charge on any atom is -0.456 e. The fraction of sp³-hybridized carbons (Fsp3) is 0.250. The zero-order chi connectivity index (χ0) is 20.3. The topological polar surface area (TPSA) is 62.5 Å². The molecule has 1 saturated heterocycles. The lowest BCUT2D eigenvalue weighted by Crippen LogP contribution is -2.48. The summed E-state index contributed by atoms with van der Waals surface area (Å²) >= 11 is 0. The van der Waals surface area contributed by atoms with Crippen molar-refractivity contribution in [2.24, 2.45) is 0 Å². The first-order valence-electron chi connectivity index (χ1n) is 9.11. The highest BCUT2D eigenvalue weighted by Gasteiger charge is 2.25. The number of fused-ring (bicyclic) bond motifs is 4. The highest BCUT2D eigenvalue weighted by atomic mass is 19.1. The van der Waals surface area contributed by atoms with Crippen LogP contribution in [0.3, 0.4) is 0 Å². The maximum absolute atomic E-state index is 15.3. The molecule has 1 fully saturated rings. The van der Waals surface area contributed by atoms with Crippen LogP contribution in [0.4, 0.5) is 19.0 Å². The quantitative estimate of drug-likeness (QED) is 0.457. The Bertz CT molecular complexity index is 1300. The van der Waals surface area contributed by atoms with Crippen molar-refractivity contribution in [2.75, 3.05) is 31.1 Å². The highest BCUT2D eigenvalue weighted by Crippen LogP contribution is 2.38. The summed E-state index contributed by atoms with van der Waals surface area (Å²) in [5.74, 6) is -1.31. The summed E-state index contributed by atoms with van der Waals surface area (Å²) < 4.78 is 49.5. The molecule has 9 heteroatoms. The molecule has 4 aromatic rings. The van der Waals surface area contributed by atoms with Gasteiger partial charge in [-0.25, -0.2) is 8.78 Å². The summed E-state index contributed by atoms with van der Waals surface area (Å²) in [5, 5.41) is 0.195. The molecule has 1 aliphatic rings. The van der Waals surface area contributed by atoms with E-state index in [9.17, 15) is 13.6 Å². The monoisotopic (exact) mass is 400 g/mol. The van der Waals surface area contributed by atoms with Gasteiger partial charge in [-0.2, -0.15) is 14.4 Å². The lowest BCUT2D eigenvalue weighted by Gasteiger charge is -2.35. The van der Waals surface area contributed by atoms with Crippen LogP contribution in [0.25, 0.3) is 32.8 Å². The van der Waals surface area contributed by atoms with Crippen LogP contribution in [0.2, 0.25) is 0 Å². The smallest absolute Gasteiger partial charge is 0.311 e. The lowest BCUT2D eigenvalue weighted by molar-refractivity contribution is -0.129. The Labute approximate surface area is 162 Å². The van der Waals surface area contributed by atoms with Crippen LogP contribution >= 0.6 is 0 Å². The second-order valence-electron chi connectivity index (χ2n) is 6.98. The van der Waals surface area contributed by atoms with Crippen LogP contribution in [0.1, 0.15) is 6.92 Å². The number of carbonyl (C=O) groups excluding carboxylic acids is 1. The Morgan fingerprint density at radius 3 is 2.52 bits per heavy atom. The van der Waals surface area contributed by atoms with Crippen LogP contribution in [-0.2, 0) is 4.79 Å². The Hall–Kier alpha value is -3.36. The largest absolute Gasteiger partial charge is 0.456 e. The van der Waals surface area contributed by atoms with Crippen molar-refractivity contribution >= 4 is 44.6 Å². The average Bonchev–Trinajstić information content (AvgIpc) is 3.08. The minimum atomic E-state index is -1.08. The number of hydrogen-bond donors (Lipinski definition) is 0. The number of piperazine rings is 1. The molecular weight excluding hydrogens is 385 g/mol. The van der Waals surface area contributed by atoms with Crippen molar-refractivity contribution in [3.8, 4) is 0 Å². The number of aromatic nitrogens is 2. The van der Waals surface area contributed by atoms with Crippen molar-refractivity contribution < 1.29 is 22.4 Å². The van der Waals surface area contributed by atoms with Gasteiger partial charge in [0.25, 0.3) is 0 Å². The first-order valence-corrected chi connectivity index (χ1v) is 9.11. The van der Waals surface area contributed by atoms with Crippen molar-refractivity contribution in [3.63, 3.8) is 0 Å². The number of carbonyl (C=O) groups is 1. The fourth-order valence-electron chi connectivity index (χ4n) is 3.90. The van der Waals surface area contributed by atoms with E-state index in [1.54, 1.807) is 9.80 Å². The van der Waals surface area contributed by atoms with Gasteiger partial charge in [-0.3, -0.25) is 4.79 Å². The van der Waals surface area contributed by atoms with E-state index < -0.39 is 17.7 Å². The van der Waals surface area contributed by atoms with Gasteiger partial charge in [-0.05, 0) is 18.2 Å². The summed E-state index contributed by atoms with van der Waals surface area (Å²) in [6.45, 7) is 3.22. The maximum Gasteiger partial charge on any atom is 0.311 e. The molecular formula is C20H15F3N4O2. The Kier molecular flexibility index (Phi) is 3.87. The molecule has 3 heterocycles. The van der Waals surface area contributed by atoms with Crippen molar-refractivity contribution in [3.05, 3.63) is 42.0 Å². The van der Waals surface area contributed by atoms with Gasteiger partial charge >= 0.3 is 6.08 Å². The maximum atomic E-state index is 15.3. The SMILES string of the molecule is CC(=O)N1CCN(c2nc(F)nc3c(F)c4c(cc23)oc2cccc(F)c24)CC1. The number of furan rings is 1. The minimum absolute atomic E-state index is 0.00228. The summed E-state index contributed by atoms with van der Waals surface area (Å²) in [4.78, 5) is 22.5. The van der Waals surface area contributed by atoms with Gasteiger partial charge in [0.2, 0.25) is 5.91 Å². The first kappa shape index (κ1) is 17.7. The second-order valence-corrected chi connectivity index (χ2v) is 6.98. The Morgan fingerprint density at radius 1 is 1.03 bits per heavy atom. The molecule has 2 aromatic heterocycles. The first-order chi connectivity index (χ1) is 13.9. The summed E-state index contributed by atoms with van der Waals surface area (Å²) in [5.41, 5.74) is 0.0909. The van der Waals surface area contributed by atoms with Crippen LogP contribution in [0, 0.1) is 17.7 Å². The van der Waals surface area contributed by atoms with Crippen molar-refractivity contribution in [2.45, 2.75) is 6.92 Å². The molecule has 29 heavy (non-hydrogen) atoms. The molecule has 0 radical (unpaired) electrons. The lowest BCUT2D eigenvalue weighted by atomic mass is 10.1. The summed E-state index contributed by atoms with van der Waals surface area (Å²) in [7, 11) is 0. The van der Waals surface area contributed by atoms with E-state index in [4.69, 9.17) is 4.42 Å².